The first kappa shape index (κ1) is 13.5. The van der Waals surface area contributed by atoms with E-state index in [1.165, 1.54) is 10.2 Å². The van der Waals surface area contributed by atoms with Crippen molar-refractivity contribution >= 4 is 31.9 Å². The summed E-state index contributed by atoms with van der Waals surface area (Å²) in [6.07, 6.45) is 1.60. The minimum Gasteiger partial charge on any atom is -0.266 e. The normalized spacial score (nSPS) is 10.9. The zero-order valence-corrected chi connectivity index (χ0v) is 13.2. The fraction of sp³-hybridized carbons (Fsp3) is 0.231. The van der Waals surface area contributed by atoms with E-state index in [-0.39, 0.29) is 5.56 Å². The van der Waals surface area contributed by atoms with Crippen LogP contribution in [-0.2, 0) is 0 Å². The molecule has 5 heteroatoms. The minimum atomic E-state index is -0.179. The van der Waals surface area contributed by atoms with Crippen molar-refractivity contribution in [1.82, 2.24) is 9.78 Å². The molecule has 0 N–H and O–H groups in total. The van der Waals surface area contributed by atoms with E-state index in [1.807, 2.05) is 24.3 Å². The third kappa shape index (κ3) is 2.57. The number of halogens is 2. The first-order valence-electron chi connectivity index (χ1n) is 5.54. The van der Waals surface area contributed by atoms with Crippen molar-refractivity contribution in [2.45, 2.75) is 19.8 Å². The zero-order chi connectivity index (χ0) is 13.3. The molecule has 0 aliphatic carbocycles. The van der Waals surface area contributed by atoms with Gasteiger partial charge in [0.05, 0.1) is 16.4 Å². The predicted octanol–water partition coefficient (Wildman–Crippen LogP) is 3.88. The van der Waals surface area contributed by atoms with E-state index >= 15 is 0 Å². The van der Waals surface area contributed by atoms with Gasteiger partial charge >= 0.3 is 0 Å². The van der Waals surface area contributed by atoms with E-state index < -0.39 is 0 Å². The molecule has 0 saturated carbocycles. The van der Waals surface area contributed by atoms with Gasteiger partial charge in [-0.1, -0.05) is 26.0 Å². The van der Waals surface area contributed by atoms with Gasteiger partial charge in [0.2, 0.25) is 0 Å². The van der Waals surface area contributed by atoms with E-state index in [2.05, 4.69) is 50.8 Å². The molecule has 1 aromatic heterocycles. The van der Waals surface area contributed by atoms with E-state index in [4.69, 9.17) is 0 Å². The van der Waals surface area contributed by atoms with Crippen LogP contribution in [-0.4, -0.2) is 9.78 Å². The third-order valence-corrected chi connectivity index (χ3v) is 4.58. The van der Waals surface area contributed by atoms with Gasteiger partial charge in [0.15, 0.2) is 0 Å². The van der Waals surface area contributed by atoms with Crippen LogP contribution in [0.1, 0.15) is 25.3 Å². The topological polar surface area (TPSA) is 34.9 Å². The summed E-state index contributed by atoms with van der Waals surface area (Å²) in [7, 11) is 0. The SMILES string of the molecule is CC(C)c1ccc(-n2ncc(Br)c(Br)c2=O)cc1. The molecule has 94 valence electrons. The lowest BCUT2D eigenvalue weighted by Crippen LogP contribution is -2.21. The Hall–Kier alpha value is -0.940. The predicted molar refractivity (Wildman–Crippen MR) is 79.3 cm³/mol. The monoisotopic (exact) mass is 370 g/mol. The van der Waals surface area contributed by atoms with Gasteiger partial charge in [0.25, 0.3) is 5.56 Å². The zero-order valence-electron chi connectivity index (χ0n) is 10.0. The van der Waals surface area contributed by atoms with E-state index in [1.54, 1.807) is 6.20 Å². The van der Waals surface area contributed by atoms with E-state index in [9.17, 15) is 4.79 Å². The molecule has 0 saturated heterocycles. The second kappa shape index (κ2) is 5.36. The summed E-state index contributed by atoms with van der Waals surface area (Å²) in [4.78, 5) is 12.0. The Morgan fingerprint density at radius 3 is 2.33 bits per heavy atom. The number of hydrogen-bond donors (Lipinski definition) is 0. The second-order valence-electron chi connectivity index (χ2n) is 4.27. The quantitative estimate of drug-likeness (QED) is 0.802. The third-order valence-electron chi connectivity index (χ3n) is 2.68. The maximum Gasteiger partial charge on any atom is 0.286 e. The van der Waals surface area contributed by atoms with Crippen molar-refractivity contribution in [3.8, 4) is 5.69 Å². The van der Waals surface area contributed by atoms with E-state index in [0.717, 1.165) is 5.69 Å². The Morgan fingerprint density at radius 1 is 1.17 bits per heavy atom. The summed E-state index contributed by atoms with van der Waals surface area (Å²) in [5.74, 6) is 0.473. The summed E-state index contributed by atoms with van der Waals surface area (Å²) in [6, 6.07) is 7.85. The van der Waals surface area contributed by atoms with Crippen molar-refractivity contribution in [1.29, 1.82) is 0 Å². The van der Waals surface area contributed by atoms with Crippen molar-refractivity contribution in [2.24, 2.45) is 0 Å². The van der Waals surface area contributed by atoms with Gasteiger partial charge in [0, 0.05) is 0 Å². The Kier molecular flexibility index (Phi) is 4.02. The molecule has 0 aliphatic heterocycles. The molecule has 0 atom stereocenters. The molecule has 2 aromatic rings. The van der Waals surface area contributed by atoms with Crippen LogP contribution in [0.25, 0.3) is 5.69 Å². The van der Waals surface area contributed by atoms with Gasteiger partial charge in [-0.15, -0.1) is 0 Å². The average molecular weight is 372 g/mol. The first-order valence-corrected chi connectivity index (χ1v) is 7.13. The summed E-state index contributed by atoms with van der Waals surface area (Å²) in [5.41, 5.74) is 1.82. The van der Waals surface area contributed by atoms with Gasteiger partial charge < -0.3 is 0 Å². The lowest BCUT2D eigenvalue weighted by atomic mass is 10.0. The molecule has 0 radical (unpaired) electrons. The Balaban J connectivity index is 2.50. The lowest BCUT2D eigenvalue weighted by Gasteiger charge is -2.08. The minimum absolute atomic E-state index is 0.179. The van der Waals surface area contributed by atoms with Gasteiger partial charge in [-0.2, -0.15) is 9.78 Å². The fourth-order valence-electron chi connectivity index (χ4n) is 1.60. The molecule has 2 rings (SSSR count). The maximum atomic E-state index is 12.0. The van der Waals surface area contributed by atoms with Gasteiger partial charge in [-0.3, -0.25) is 4.79 Å². The summed E-state index contributed by atoms with van der Waals surface area (Å²) < 4.78 is 2.51. The van der Waals surface area contributed by atoms with E-state index in [0.29, 0.717) is 14.9 Å². The number of hydrogen-bond acceptors (Lipinski definition) is 2. The number of aromatic nitrogens is 2. The molecule has 0 fully saturated rings. The smallest absolute Gasteiger partial charge is 0.266 e. The van der Waals surface area contributed by atoms with Crippen molar-refractivity contribution in [3.05, 3.63) is 55.3 Å². The lowest BCUT2D eigenvalue weighted by molar-refractivity contribution is 0.793. The molecule has 18 heavy (non-hydrogen) atoms. The van der Waals surface area contributed by atoms with Crippen LogP contribution in [0.3, 0.4) is 0 Å². The summed E-state index contributed by atoms with van der Waals surface area (Å²) in [5, 5.41) is 4.11. The molecule has 0 spiro atoms. The molecule has 0 aliphatic rings. The molecule has 3 nitrogen and oxygen atoms in total. The van der Waals surface area contributed by atoms with Crippen molar-refractivity contribution in [3.63, 3.8) is 0 Å². The standard InChI is InChI=1S/C13H12Br2N2O/c1-8(2)9-3-5-10(6-4-9)17-13(18)12(15)11(14)7-16-17/h3-8H,1-2H3. The molecular weight excluding hydrogens is 360 g/mol. The Morgan fingerprint density at radius 2 is 1.78 bits per heavy atom. The molecule has 0 bridgehead atoms. The number of rotatable bonds is 2. The van der Waals surface area contributed by atoms with Crippen LogP contribution in [0, 0.1) is 0 Å². The van der Waals surface area contributed by atoms with Crippen molar-refractivity contribution < 1.29 is 0 Å². The van der Waals surface area contributed by atoms with Gasteiger partial charge in [-0.25, -0.2) is 0 Å². The first-order chi connectivity index (χ1) is 8.50. The van der Waals surface area contributed by atoms with Crippen LogP contribution in [0.2, 0.25) is 0 Å². The fourth-order valence-corrected chi connectivity index (χ4v) is 2.13. The highest BCUT2D eigenvalue weighted by atomic mass is 79.9. The van der Waals surface area contributed by atoms with Crippen LogP contribution in [0.5, 0.6) is 0 Å². The Bertz CT molecular complexity index is 618. The van der Waals surface area contributed by atoms with Crippen molar-refractivity contribution in [2.75, 3.05) is 0 Å². The number of benzene rings is 1. The van der Waals surface area contributed by atoms with Crippen LogP contribution in [0.4, 0.5) is 0 Å². The van der Waals surface area contributed by atoms with Crippen LogP contribution in [0.15, 0.2) is 44.2 Å². The average Bonchev–Trinajstić information content (AvgIpc) is 2.36. The van der Waals surface area contributed by atoms with Crippen LogP contribution >= 0.6 is 31.9 Å². The second-order valence-corrected chi connectivity index (χ2v) is 5.92. The molecular formula is C13H12Br2N2O. The highest BCUT2D eigenvalue weighted by Gasteiger charge is 2.08. The molecule has 0 amide bonds. The highest BCUT2D eigenvalue weighted by Crippen LogP contribution is 2.19. The molecule has 1 heterocycles. The maximum absolute atomic E-state index is 12.0. The summed E-state index contributed by atoms with van der Waals surface area (Å²) >= 11 is 6.51. The van der Waals surface area contributed by atoms with Gasteiger partial charge in [0.1, 0.15) is 4.47 Å². The number of nitrogens with zero attached hydrogens (tertiary/aromatic N) is 2. The summed E-state index contributed by atoms with van der Waals surface area (Å²) in [6.45, 7) is 4.27. The highest BCUT2D eigenvalue weighted by molar-refractivity contribution is 9.13. The van der Waals surface area contributed by atoms with Gasteiger partial charge in [-0.05, 0) is 55.5 Å². The van der Waals surface area contributed by atoms with Crippen LogP contribution < -0.4 is 5.56 Å². The molecule has 0 unspecified atom stereocenters. The largest absolute Gasteiger partial charge is 0.286 e. The Labute approximate surface area is 122 Å². The molecule has 1 aromatic carbocycles.